The van der Waals surface area contributed by atoms with Crippen LogP contribution in [0.2, 0.25) is 0 Å². The number of ether oxygens (including phenoxy) is 1. The Hall–Kier alpha value is -3.48. The van der Waals surface area contributed by atoms with Gasteiger partial charge in [0.15, 0.2) is 0 Å². The molecular weight excluding hydrogens is 670 g/mol. The van der Waals surface area contributed by atoms with Crippen LogP contribution >= 0.6 is 27.7 Å². The molecule has 6 rings (SSSR count). The molecule has 3 fully saturated rings. The van der Waals surface area contributed by atoms with Crippen molar-refractivity contribution in [1.29, 1.82) is 0 Å². The van der Waals surface area contributed by atoms with Gasteiger partial charge in [-0.2, -0.15) is 0 Å². The molecule has 3 aromatic rings. The summed E-state index contributed by atoms with van der Waals surface area (Å²) in [6.07, 6.45) is 6.38. The van der Waals surface area contributed by atoms with Gasteiger partial charge >= 0.3 is 5.97 Å². The topological polar surface area (TPSA) is 118 Å². The maximum atomic E-state index is 15.0. The fourth-order valence-corrected chi connectivity index (χ4v) is 11.0. The van der Waals surface area contributed by atoms with Crippen molar-refractivity contribution in [3.63, 3.8) is 0 Å². The monoisotopic (exact) mass is 707 g/mol. The van der Waals surface area contributed by atoms with Crippen LogP contribution in [0.15, 0.2) is 79.9 Å². The number of para-hydroxylation sites is 1. The van der Waals surface area contributed by atoms with Gasteiger partial charge in [0, 0.05) is 16.6 Å². The van der Waals surface area contributed by atoms with Crippen molar-refractivity contribution in [1.82, 2.24) is 24.8 Å². The van der Waals surface area contributed by atoms with E-state index in [1.54, 1.807) is 32.3 Å². The van der Waals surface area contributed by atoms with Crippen molar-refractivity contribution < 1.29 is 24.2 Å². The number of carbonyl (C=O) groups is 3. The summed E-state index contributed by atoms with van der Waals surface area (Å²) >= 11 is 5.36. The third-order valence-corrected chi connectivity index (χ3v) is 12.6. The van der Waals surface area contributed by atoms with Gasteiger partial charge < -0.3 is 19.6 Å². The fraction of sp³-hybridized carbons (Fsp3) is 0.441. The summed E-state index contributed by atoms with van der Waals surface area (Å²) in [5.41, 5.74) is 2.18. The zero-order chi connectivity index (χ0) is 32.4. The summed E-state index contributed by atoms with van der Waals surface area (Å²) in [4.78, 5) is 46.5. The fourth-order valence-electron chi connectivity index (χ4n) is 7.37. The second kappa shape index (κ2) is 13.7. The standard InChI is InChI=1S/C34H38BrN5O5S/c1-3-5-6-12-18-45-33(44)27-28-31(42)40(26(20-41)22-13-8-7-9-14-22)30(34(28)19-23(35)29(27)46-34)32(43)38(17-4-2)21-39-25-16-11-10-15-24(25)36-37-39/h3-4,7-11,13-16,23,26-30,41H,1-2,5-6,12,17-21H2/t23?,26-,27-,28+,29-,30?,34?/m1/s1. The largest absolute Gasteiger partial charge is 0.465 e. The van der Waals surface area contributed by atoms with Crippen molar-refractivity contribution >= 4 is 56.5 Å². The van der Waals surface area contributed by atoms with E-state index in [1.807, 2.05) is 60.7 Å². The van der Waals surface area contributed by atoms with Gasteiger partial charge in [0.1, 0.15) is 18.2 Å². The first-order valence-corrected chi connectivity index (χ1v) is 17.4. The lowest BCUT2D eigenvalue weighted by molar-refractivity contribution is -0.154. The Kier molecular flexibility index (Phi) is 9.67. The molecule has 3 aliphatic rings. The zero-order valence-electron chi connectivity index (χ0n) is 25.5. The molecule has 1 spiro atoms. The molecular formula is C34H38BrN5O5S. The van der Waals surface area contributed by atoms with Gasteiger partial charge in [-0.05, 0) is 43.4 Å². The Morgan fingerprint density at radius 3 is 2.65 bits per heavy atom. The number of aliphatic hydroxyl groups is 1. The lowest BCUT2D eigenvalue weighted by Gasteiger charge is -2.40. The number of benzene rings is 2. The Morgan fingerprint density at radius 2 is 1.91 bits per heavy atom. The van der Waals surface area contributed by atoms with E-state index >= 15 is 0 Å². The Morgan fingerprint density at radius 1 is 1.15 bits per heavy atom. The van der Waals surface area contributed by atoms with Crippen LogP contribution in [0.1, 0.15) is 37.3 Å². The Bertz CT molecular complexity index is 1620. The van der Waals surface area contributed by atoms with E-state index in [0.29, 0.717) is 23.9 Å². The van der Waals surface area contributed by atoms with Gasteiger partial charge in [-0.1, -0.05) is 75.8 Å². The summed E-state index contributed by atoms with van der Waals surface area (Å²) in [6.45, 7) is 7.80. The summed E-state index contributed by atoms with van der Waals surface area (Å²) in [6, 6.07) is 15.0. The van der Waals surface area contributed by atoms with E-state index < -0.39 is 34.6 Å². The number of likely N-dealkylation sites (tertiary alicyclic amines) is 1. The molecule has 1 N–H and O–H groups in total. The van der Waals surface area contributed by atoms with Crippen molar-refractivity contribution in [2.24, 2.45) is 11.8 Å². The first-order chi connectivity index (χ1) is 22.4. The minimum absolute atomic E-state index is 0.0851. The highest BCUT2D eigenvalue weighted by Gasteiger charge is 2.76. The summed E-state index contributed by atoms with van der Waals surface area (Å²) in [5, 5.41) is 19.1. The highest BCUT2D eigenvalue weighted by Crippen LogP contribution is 2.68. The number of rotatable bonds is 14. The number of esters is 1. The molecule has 0 saturated carbocycles. The molecule has 242 valence electrons. The van der Waals surface area contributed by atoms with Gasteiger partial charge in [-0.25, -0.2) is 4.68 Å². The number of aliphatic hydroxyl groups excluding tert-OH is 1. The lowest BCUT2D eigenvalue weighted by atomic mass is 9.71. The van der Waals surface area contributed by atoms with Crippen LogP contribution in [0.5, 0.6) is 0 Å². The van der Waals surface area contributed by atoms with Crippen LogP contribution in [-0.2, 0) is 25.8 Å². The molecule has 46 heavy (non-hydrogen) atoms. The third-order valence-electron chi connectivity index (χ3n) is 9.36. The van der Waals surface area contributed by atoms with Gasteiger partial charge in [-0.3, -0.25) is 14.4 Å². The van der Waals surface area contributed by atoms with E-state index in [4.69, 9.17) is 4.74 Å². The van der Waals surface area contributed by atoms with E-state index in [1.165, 1.54) is 0 Å². The molecule has 4 heterocycles. The highest BCUT2D eigenvalue weighted by atomic mass is 79.9. The minimum Gasteiger partial charge on any atom is -0.465 e. The van der Waals surface area contributed by atoms with Crippen LogP contribution < -0.4 is 0 Å². The number of thioether (sulfide) groups is 1. The molecule has 2 amide bonds. The maximum Gasteiger partial charge on any atom is 0.310 e. The number of halogens is 1. The summed E-state index contributed by atoms with van der Waals surface area (Å²) in [5.74, 6) is -2.52. The number of hydrogen-bond acceptors (Lipinski definition) is 8. The zero-order valence-corrected chi connectivity index (χ0v) is 27.9. The van der Waals surface area contributed by atoms with Crippen molar-refractivity contribution in [3.8, 4) is 0 Å². The number of amides is 2. The Labute approximate surface area is 281 Å². The molecule has 10 nitrogen and oxygen atoms in total. The number of carbonyl (C=O) groups excluding carboxylic acids is 3. The number of fused-ring (bicyclic) bond motifs is 2. The molecule has 1 aromatic heterocycles. The average molecular weight is 709 g/mol. The van der Waals surface area contributed by atoms with Crippen molar-refractivity contribution in [2.75, 3.05) is 19.8 Å². The first kappa shape index (κ1) is 32.5. The molecule has 2 bridgehead atoms. The van der Waals surface area contributed by atoms with Gasteiger partial charge in [0.05, 0.1) is 41.4 Å². The number of allylic oxidation sites excluding steroid dienone is 1. The second-order valence-electron chi connectivity index (χ2n) is 12.0. The van der Waals surface area contributed by atoms with E-state index in [2.05, 4.69) is 39.4 Å². The van der Waals surface area contributed by atoms with Gasteiger partial charge in [0.25, 0.3) is 0 Å². The molecule has 12 heteroatoms. The molecule has 2 aromatic carbocycles. The normalized spacial score (nSPS) is 27.0. The van der Waals surface area contributed by atoms with Crippen LogP contribution in [0, 0.1) is 11.8 Å². The molecule has 3 unspecified atom stereocenters. The van der Waals surface area contributed by atoms with Crippen LogP contribution in [-0.4, -0.2) is 88.3 Å². The summed E-state index contributed by atoms with van der Waals surface area (Å²) < 4.78 is 6.52. The molecule has 3 saturated heterocycles. The molecule has 7 atom stereocenters. The number of alkyl halides is 1. The van der Waals surface area contributed by atoms with Crippen LogP contribution in [0.4, 0.5) is 0 Å². The number of unbranched alkanes of at least 4 members (excludes halogenated alkanes) is 2. The average Bonchev–Trinajstić information content (AvgIpc) is 3.79. The SMILES string of the molecule is C=CCCCCOC(=O)[C@H]1[C@@H]2SC3(CC2Br)C(C(=O)N(CC=C)Cn2nnc4ccccc42)N([C@H](CO)c2ccccc2)C(=O)[C@H]13. The number of aromatic nitrogens is 3. The smallest absolute Gasteiger partial charge is 0.310 e. The lowest BCUT2D eigenvalue weighted by Crippen LogP contribution is -2.56. The summed E-state index contributed by atoms with van der Waals surface area (Å²) in [7, 11) is 0. The molecule has 0 radical (unpaired) electrons. The molecule has 0 aliphatic carbocycles. The minimum atomic E-state index is -0.961. The number of hydrogen-bond donors (Lipinski definition) is 1. The Balaban J connectivity index is 1.39. The second-order valence-corrected chi connectivity index (χ2v) is 14.8. The van der Waals surface area contributed by atoms with E-state index in [0.717, 1.165) is 18.4 Å². The molecule has 3 aliphatic heterocycles. The van der Waals surface area contributed by atoms with E-state index in [-0.39, 0.29) is 48.3 Å². The maximum absolute atomic E-state index is 15.0. The van der Waals surface area contributed by atoms with Crippen LogP contribution in [0.25, 0.3) is 11.0 Å². The predicted octanol–water partition coefficient (Wildman–Crippen LogP) is 4.50. The first-order valence-electron chi connectivity index (χ1n) is 15.6. The third kappa shape index (κ3) is 5.58. The van der Waals surface area contributed by atoms with E-state index in [9.17, 15) is 19.5 Å². The van der Waals surface area contributed by atoms with Crippen LogP contribution in [0.3, 0.4) is 0 Å². The highest BCUT2D eigenvalue weighted by molar-refractivity contribution is 9.09. The van der Waals surface area contributed by atoms with Gasteiger partial charge in [0.2, 0.25) is 11.8 Å². The van der Waals surface area contributed by atoms with Crippen molar-refractivity contribution in [3.05, 3.63) is 85.5 Å². The van der Waals surface area contributed by atoms with Gasteiger partial charge in [-0.15, -0.1) is 30.0 Å². The van der Waals surface area contributed by atoms with Crippen molar-refractivity contribution in [2.45, 2.75) is 59.3 Å². The number of nitrogens with zero attached hydrogens (tertiary/aromatic N) is 5. The quantitative estimate of drug-likeness (QED) is 0.113. The predicted molar refractivity (Wildman–Crippen MR) is 180 cm³/mol.